The number of urea groups is 1. The Bertz CT molecular complexity index is 360. The van der Waals surface area contributed by atoms with Gasteiger partial charge < -0.3 is 10.8 Å². The van der Waals surface area contributed by atoms with Gasteiger partial charge in [0.2, 0.25) is 0 Å². The number of rotatable bonds is 1. The van der Waals surface area contributed by atoms with E-state index in [1.165, 1.54) is 6.07 Å². The molecule has 1 aromatic carbocycles. The van der Waals surface area contributed by atoms with Gasteiger partial charge >= 0.3 is 6.03 Å². The zero-order valence-corrected chi connectivity index (χ0v) is 7.06. The monoisotopic (exact) mass is 179 g/mol. The van der Waals surface area contributed by atoms with E-state index < -0.39 is 6.03 Å². The normalized spacial score (nSPS) is 10.5. The molecule has 13 heavy (non-hydrogen) atoms. The van der Waals surface area contributed by atoms with Crippen molar-refractivity contribution in [3.63, 3.8) is 0 Å². The molecule has 5 nitrogen and oxygen atoms in total. The summed E-state index contributed by atoms with van der Waals surface area (Å²) in [6.07, 6.45) is 0. The molecule has 1 aromatic rings. The SMILES string of the molecule is Cc1cccc(N=NC(N)=O)c1O. The quantitative estimate of drug-likeness (QED) is 0.644. The van der Waals surface area contributed by atoms with Crippen molar-refractivity contribution < 1.29 is 9.90 Å². The summed E-state index contributed by atoms with van der Waals surface area (Å²) in [4.78, 5) is 10.2. The van der Waals surface area contributed by atoms with Crippen LogP contribution in [0.15, 0.2) is 28.4 Å². The maximum atomic E-state index is 10.2. The number of hydrogen-bond donors (Lipinski definition) is 2. The van der Waals surface area contributed by atoms with Crippen molar-refractivity contribution in [2.45, 2.75) is 6.92 Å². The average molecular weight is 179 g/mol. The molecule has 0 aliphatic rings. The fourth-order valence-electron chi connectivity index (χ4n) is 0.827. The van der Waals surface area contributed by atoms with Crippen molar-refractivity contribution in [3.8, 4) is 5.75 Å². The molecule has 3 N–H and O–H groups in total. The topological polar surface area (TPSA) is 88.0 Å². The van der Waals surface area contributed by atoms with E-state index in [-0.39, 0.29) is 11.4 Å². The van der Waals surface area contributed by atoms with Crippen LogP contribution in [0, 0.1) is 6.92 Å². The molecule has 0 radical (unpaired) electrons. The van der Waals surface area contributed by atoms with E-state index in [0.29, 0.717) is 5.56 Å². The highest BCUT2D eigenvalue weighted by molar-refractivity contribution is 5.72. The summed E-state index contributed by atoms with van der Waals surface area (Å²) in [5.74, 6) is 0.00694. The van der Waals surface area contributed by atoms with E-state index in [4.69, 9.17) is 5.73 Å². The van der Waals surface area contributed by atoms with Crippen molar-refractivity contribution in [2.24, 2.45) is 16.0 Å². The molecule has 0 saturated carbocycles. The number of benzene rings is 1. The van der Waals surface area contributed by atoms with Crippen molar-refractivity contribution in [2.75, 3.05) is 0 Å². The second-order valence-electron chi connectivity index (χ2n) is 2.48. The fourth-order valence-corrected chi connectivity index (χ4v) is 0.827. The lowest BCUT2D eigenvalue weighted by Crippen LogP contribution is -2.01. The van der Waals surface area contributed by atoms with Crippen LogP contribution in [-0.4, -0.2) is 11.1 Å². The number of nitrogens with zero attached hydrogens (tertiary/aromatic N) is 2. The number of phenolic OH excluding ortho intramolecular Hbond substituents is 1. The molecule has 68 valence electrons. The highest BCUT2D eigenvalue weighted by atomic mass is 16.3. The molecule has 0 aliphatic carbocycles. The second kappa shape index (κ2) is 3.66. The summed E-state index contributed by atoms with van der Waals surface area (Å²) in [5, 5.41) is 16.0. The lowest BCUT2D eigenvalue weighted by molar-refractivity contribution is 0.255. The molecule has 0 heterocycles. The number of amides is 2. The summed E-state index contributed by atoms with van der Waals surface area (Å²) < 4.78 is 0. The zero-order valence-electron chi connectivity index (χ0n) is 7.06. The Labute approximate surface area is 74.9 Å². The predicted octanol–water partition coefficient (Wildman–Crippen LogP) is 1.86. The Balaban J connectivity index is 3.02. The van der Waals surface area contributed by atoms with Gasteiger partial charge in [-0.1, -0.05) is 17.2 Å². The van der Waals surface area contributed by atoms with E-state index in [9.17, 15) is 9.90 Å². The summed E-state index contributed by atoms with van der Waals surface area (Å²) in [5.41, 5.74) is 5.65. The van der Waals surface area contributed by atoms with Crippen molar-refractivity contribution in [1.82, 2.24) is 0 Å². The molecule has 0 spiro atoms. The minimum absolute atomic E-state index is 0.00694. The predicted molar refractivity (Wildman–Crippen MR) is 46.9 cm³/mol. The Morgan fingerprint density at radius 2 is 2.23 bits per heavy atom. The third kappa shape index (κ3) is 2.26. The maximum absolute atomic E-state index is 10.2. The van der Waals surface area contributed by atoms with Gasteiger partial charge in [0, 0.05) is 0 Å². The van der Waals surface area contributed by atoms with Gasteiger partial charge in [0.15, 0.2) is 0 Å². The lowest BCUT2D eigenvalue weighted by Gasteiger charge is -1.99. The number of phenols is 1. The number of aromatic hydroxyl groups is 1. The fraction of sp³-hybridized carbons (Fsp3) is 0.125. The number of aryl methyl sites for hydroxylation is 1. The van der Waals surface area contributed by atoms with Gasteiger partial charge in [-0.05, 0) is 18.6 Å². The first-order valence-electron chi connectivity index (χ1n) is 3.61. The van der Waals surface area contributed by atoms with E-state index in [1.54, 1.807) is 19.1 Å². The van der Waals surface area contributed by atoms with Crippen LogP contribution in [0.4, 0.5) is 10.5 Å². The minimum Gasteiger partial charge on any atom is -0.505 e. The van der Waals surface area contributed by atoms with Gasteiger partial charge in [0.25, 0.3) is 0 Å². The second-order valence-corrected chi connectivity index (χ2v) is 2.48. The number of para-hydroxylation sites is 1. The van der Waals surface area contributed by atoms with Gasteiger partial charge in [0.1, 0.15) is 11.4 Å². The first-order valence-corrected chi connectivity index (χ1v) is 3.61. The van der Waals surface area contributed by atoms with E-state index in [1.807, 2.05) is 0 Å². The molecule has 0 saturated heterocycles. The molecule has 0 fully saturated rings. The molecule has 1 rings (SSSR count). The standard InChI is InChI=1S/C8H9N3O2/c1-5-3-2-4-6(7(5)12)10-11-8(9)13/h2-4,12H,1H3,(H2,9,13). The number of carbonyl (C=O) groups is 1. The van der Waals surface area contributed by atoms with Gasteiger partial charge in [-0.2, -0.15) is 0 Å². The Hall–Kier alpha value is -1.91. The zero-order chi connectivity index (χ0) is 9.84. The maximum Gasteiger partial charge on any atom is 0.356 e. The van der Waals surface area contributed by atoms with E-state index in [2.05, 4.69) is 10.2 Å². The van der Waals surface area contributed by atoms with E-state index >= 15 is 0 Å². The molecule has 0 unspecified atom stereocenters. The van der Waals surface area contributed by atoms with Gasteiger partial charge in [-0.3, -0.25) is 0 Å². The number of nitrogens with two attached hydrogens (primary N) is 1. The number of carbonyl (C=O) groups excluding carboxylic acids is 1. The van der Waals surface area contributed by atoms with Gasteiger partial charge in [-0.15, -0.1) is 5.11 Å². The first kappa shape index (κ1) is 9.18. The van der Waals surface area contributed by atoms with Gasteiger partial charge in [-0.25, -0.2) is 4.79 Å². The minimum atomic E-state index is -0.888. The van der Waals surface area contributed by atoms with Crippen LogP contribution in [-0.2, 0) is 0 Å². The van der Waals surface area contributed by atoms with Crippen LogP contribution in [0.5, 0.6) is 5.75 Å². The Kier molecular flexibility index (Phi) is 2.59. The van der Waals surface area contributed by atoms with Crippen LogP contribution in [0.2, 0.25) is 0 Å². The largest absolute Gasteiger partial charge is 0.505 e. The highest BCUT2D eigenvalue weighted by Gasteiger charge is 2.01. The molecule has 0 aliphatic heterocycles. The smallest absolute Gasteiger partial charge is 0.356 e. The first-order chi connectivity index (χ1) is 6.11. The third-order valence-corrected chi connectivity index (χ3v) is 1.47. The summed E-state index contributed by atoms with van der Waals surface area (Å²) >= 11 is 0. The Morgan fingerprint density at radius 1 is 1.54 bits per heavy atom. The molecular formula is C8H9N3O2. The van der Waals surface area contributed by atoms with Crippen molar-refractivity contribution in [1.29, 1.82) is 0 Å². The molecule has 0 aromatic heterocycles. The lowest BCUT2D eigenvalue weighted by atomic mass is 10.2. The van der Waals surface area contributed by atoms with Crippen LogP contribution in [0.1, 0.15) is 5.56 Å². The molecule has 0 bridgehead atoms. The van der Waals surface area contributed by atoms with Gasteiger partial charge in [0.05, 0.1) is 0 Å². The van der Waals surface area contributed by atoms with Crippen LogP contribution in [0.3, 0.4) is 0 Å². The average Bonchev–Trinajstić information content (AvgIpc) is 2.07. The van der Waals surface area contributed by atoms with Crippen molar-refractivity contribution >= 4 is 11.7 Å². The molecule has 2 amide bonds. The van der Waals surface area contributed by atoms with Crippen LogP contribution < -0.4 is 5.73 Å². The van der Waals surface area contributed by atoms with E-state index in [0.717, 1.165) is 0 Å². The summed E-state index contributed by atoms with van der Waals surface area (Å²) in [6.45, 7) is 1.72. The molecule has 5 heteroatoms. The van der Waals surface area contributed by atoms with Crippen LogP contribution in [0.25, 0.3) is 0 Å². The number of primary amides is 1. The highest BCUT2D eigenvalue weighted by Crippen LogP contribution is 2.29. The van der Waals surface area contributed by atoms with Crippen LogP contribution >= 0.6 is 0 Å². The summed E-state index contributed by atoms with van der Waals surface area (Å²) in [7, 11) is 0. The number of azo groups is 1. The molecular weight excluding hydrogens is 170 g/mol. The van der Waals surface area contributed by atoms with Crippen molar-refractivity contribution in [3.05, 3.63) is 23.8 Å². The Morgan fingerprint density at radius 3 is 2.85 bits per heavy atom. The summed E-state index contributed by atoms with van der Waals surface area (Å²) in [6, 6.07) is 4.07. The number of hydrogen-bond acceptors (Lipinski definition) is 3. The third-order valence-electron chi connectivity index (χ3n) is 1.47. The molecule has 0 atom stereocenters.